The molecule has 1 N–H and O–H groups in total. The van der Waals surface area contributed by atoms with Crippen LogP contribution in [0.25, 0.3) is 0 Å². The van der Waals surface area contributed by atoms with Crippen molar-refractivity contribution in [3.05, 3.63) is 16.1 Å². The highest BCUT2D eigenvalue weighted by molar-refractivity contribution is 7.11. The van der Waals surface area contributed by atoms with Gasteiger partial charge in [0.2, 0.25) is 0 Å². The minimum atomic E-state index is -4.32. The predicted molar refractivity (Wildman–Crippen MR) is 60.8 cm³/mol. The van der Waals surface area contributed by atoms with Gasteiger partial charge in [0.1, 0.15) is 0 Å². The fourth-order valence-corrected chi connectivity index (χ4v) is 2.99. The maximum atomic E-state index is 12.5. The predicted octanol–water partition coefficient (Wildman–Crippen LogP) is 3.47. The van der Waals surface area contributed by atoms with Gasteiger partial charge in [-0.3, -0.25) is 0 Å². The first kappa shape index (κ1) is 12.8. The summed E-state index contributed by atoms with van der Waals surface area (Å²) in [4.78, 5) is 4.18. The molecule has 3 atom stereocenters. The Morgan fingerprint density at radius 2 is 2.24 bits per heavy atom. The Morgan fingerprint density at radius 3 is 2.65 bits per heavy atom. The van der Waals surface area contributed by atoms with Crippen LogP contribution in [0.4, 0.5) is 13.2 Å². The van der Waals surface area contributed by atoms with Gasteiger partial charge in [0.15, 0.2) is 5.01 Å². The van der Waals surface area contributed by atoms with Crippen molar-refractivity contribution in [3.8, 4) is 0 Å². The second-order valence-electron chi connectivity index (χ2n) is 4.48. The molecule has 0 bridgehead atoms. The molecule has 0 aliphatic heterocycles. The van der Waals surface area contributed by atoms with Crippen molar-refractivity contribution >= 4 is 11.3 Å². The number of aromatic nitrogens is 1. The van der Waals surface area contributed by atoms with E-state index in [0.29, 0.717) is 16.7 Å². The van der Waals surface area contributed by atoms with Crippen molar-refractivity contribution in [2.45, 2.75) is 32.5 Å². The molecule has 1 heterocycles. The molecular formula is C11H15F3N2S. The maximum Gasteiger partial charge on any atom is 0.443 e. The number of halogens is 3. The first-order chi connectivity index (χ1) is 7.93. The lowest BCUT2D eigenvalue weighted by Crippen LogP contribution is -2.22. The molecular weight excluding hydrogens is 249 g/mol. The van der Waals surface area contributed by atoms with E-state index in [9.17, 15) is 13.2 Å². The second kappa shape index (κ2) is 4.57. The zero-order valence-corrected chi connectivity index (χ0v) is 10.5. The summed E-state index contributed by atoms with van der Waals surface area (Å²) in [6, 6.07) is 0.0311. The highest BCUT2D eigenvalue weighted by atomic mass is 32.1. The zero-order valence-electron chi connectivity index (χ0n) is 9.71. The fraction of sp³-hybridized carbons (Fsp3) is 0.727. The molecule has 0 spiro atoms. The fourth-order valence-electron chi connectivity index (χ4n) is 2.06. The average Bonchev–Trinajstić information content (AvgIpc) is 2.79. The summed E-state index contributed by atoms with van der Waals surface area (Å²) < 4.78 is 37.4. The molecule has 1 saturated carbocycles. The van der Waals surface area contributed by atoms with E-state index in [0.717, 1.165) is 24.3 Å². The normalized spacial score (nSPS) is 25.9. The third-order valence-corrected chi connectivity index (χ3v) is 4.22. The number of thiazole rings is 1. The molecule has 1 aromatic rings. The van der Waals surface area contributed by atoms with Gasteiger partial charge in [-0.15, -0.1) is 11.3 Å². The van der Waals surface area contributed by atoms with Crippen LogP contribution in [-0.4, -0.2) is 11.5 Å². The van der Waals surface area contributed by atoms with Crippen LogP contribution in [0.15, 0.2) is 6.20 Å². The summed E-state index contributed by atoms with van der Waals surface area (Å²) in [7, 11) is 0. The van der Waals surface area contributed by atoms with Gasteiger partial charge in [0, 0.05) is 17.1 Å². The summed E-state index contributed by atoms with van der Waals surface area (Å²) in [6.45, 7) is 4.85. The van der Waals surface area contributed by atoms with Gasteiger partial charge in [-0.05, 0) is 24.8 Å². The lowest BCUT2D eigenvalue weighted by atomic mass is 10.1. The SMILES string of the molecule is CCNC(c1cnc(C(F)(F)F)s1)C1CC1C. The Kier molecular flexibility index (Phi) is 3.45. The van der Waals surface area contributed by atoms with E-state index in [1.54, 1.807) is 0 Å². The highest BCUT2D eigenvalue weighted by Crippen LogP contribution is 2.48. The molecule has 0 aromatic carbocycles. The summed E-state index contributed by atoms with van der Waals surface area (Å²) in [5.41, 5.74) is 0. The Morgan fingerprint density at radius 1 is 1.59 bits per heavy atom. The Hall–Kier alpha value is -0.620. The van der Waals surface area contributed by atoms with Gasteiger partial charge in [-0.25, -0.2) is 4.98 Å². The first-order valence-corrected chi connectivity index (χ1v) is 6.51. The van der Waals surface area contributed by atoms with Gasteiger partial charge in [-0.1, -0.05) is 13.8 Å². The number of rotatable bonds is 4. The van der Waals surface area contributed by atoms with E-state index in [1.807, 2.05) is 6.92 Å². The number of hydrogen-bond acceptors (Lipinski definition) is 3. The smallest absolute Gasteiger partial charge is 0.309 e. The second-order valence-corrected chi connectivity index (χ2v) is 5.54. The summed E-state index contributed by atoms with van der Waals surface area (Å²) >= 11 is 0.760. The van der Waals surface area contributed by atoms with Gasteiger partial charge in [0.25, 0.3) is 0 Å². The number of alkyl halides is 3. The molecule has 17 heavy (non-hydrogen) atoms. The van der Waals surface area contributed by atoms with E-state index in [-0.39, 0.29) is 6.04 Å². The van der Waals surface area contributed by atoms with Gasteiger partial charge >= 0.3 is 6.18 Å². The van der Waals surface area contributed by atoms with Crippen LogP contribution in [0, 0.1) is 11.8 Å². The quantitative estimate of drug-likeness (QED) is 0.900. The molecule has 3 unspecified atom stereocenters. The molecule has 1 aromatic heterocycles. The zero-order chi connectivity index (χ0) is 12.6. The molecule has 0 radical (unpaired) electrons. The number of nitrogens with one attached hydrogen (secondary N) is 1. The molecule has 0 saturated heterocycles. The first-order valence-electron chi connectivity index (χ1n) is 5.69. The standard InChI is InChI=1S/C11H15F3N2S/c1-3-15-9(7-4-6(7)2)8-5-16-10(17-8)11(12,13)14/h5-7,9,15H,3-4H2,1-2H3. The van der Waals surface area contributed by atoms with Crippen LogP contribution in [-0.2, 0) is 6.18 Å². The highest BCUT2D eigenvalue weighted by Gasteiger charge is 2.42. The lowest BCUT2D eigenvalue weighted by molar-refractivity contribution is -0.137. The monoisotopic (exact) mass is 264 g/mol. The third kappa shape index (κ3) is 2.80. The van der Waals surface area contributed by atoms with Gasteiger partial charge in [0.05, 0.1) is 0 Å². The van der Waals surface area contributed by atoms with Crippen molar-refractivity contribution in [2.75, 3.05) is 6.54 Å². The molecule has 2 rings (SSSR count). The molecule has 1 aliphatic carbocycles. The van der Waals surface area contributed by atoms with E-state index >= 15 is 0 Å². The topological polar surface area (TPSA) is 24.9 Å². The van der Waals surface area contributed by atoms with Crippen molar-refractivity contribution in [1.29, 1.82) is 0 Å². The number of hydrogen-bond donors (Lipinski definition) is 1. The van der Waals surface area contributed by atoms with Crippen molar-refractivity contribution in [2.24, 2.45) is 11.8 Å². The van der Waals surface area contributed by atoms with E-state index < -0.39 is 11.2 Å². The van der Waals surface area contributed by atoms with Crippen LogP contribution in [0.5, 0.6) is 0 Å². The van der Waals surface area contributed by atoms with Crippen molar-refractivity contribution in [1.82, 2.24) is 10.3 Å². The van der Waals surface area contributed by atoms with Crippen LogP contribution in [0.1, 0.15) is 36.2 Å². The van der Waals surface area contributed by atoms with Crippen LogP contribution in [0.3, 0.4) is 0 Å². The molecule has 0 amide bonds. The molecule has 96 valence electrons. The maximum absolute atomic E-state index is 12.5. The third-order valence-electron chi connectivity index (χ3n) is 3.10. The molecule has 6 heteroatoms. The van der Waals surface area contributed by atoms with Crippen LogP contribution < -0.4 is 5.32 Å². The Labute approximate surface area is 102 Å². The Balaban J connectivity index is 2.16. The van der Waals surface area contributed by atoms with Gasteiger partial charge in [-0.2, -0.15) is 13.2 Å². The summed E-state index contributed by atoms with van der Waals surface area (Å²) in [6.07, 6.45) is -1.88. The van der Waals surface area contributed by atoms with Crippen LogP contribution >= 0.6 is 11.3 Å². The van der Waals surface area contributed by atoms with Crippen LogP contribution in [0.2, 0.25) is 0 Å². The lowest BCUT2D eigenvalue weighted by Gasteiger charge is -2.15. The van der Waals surface area contributed by atoms with E-state index in [1.165, 1.54) is 6.20 Å². The molecule has 2 nitrogen and oxygen atoms in total. The van der Waals surface area contributed by atoms with Crippen molar-refractivity contribution < 1.29 is 13.2 Å². The minimum absolute atomic E-state index is 0.0311. The number of nitrogens with zero attached hydrogens (tertiary/aromatic N) is 1. The minimum Gasteiger partial charge on any atom is -0.309 e. The molecule has 1 aliphatic rings. The summed E-state index contributed by atoms with van der Waals surface area (Å²) in [5.74, 6) is 1.05. The van der Waals surface area contributed by atoms with Gasteiger partial charge < -0.3 is 5.32 Å². The average molecular weight is 264 g/mol. The van der Waals surface area contributed by atoms with E-state index in [2.05, 4.69) is 17.2 Å². The molecule has 1 fully saturated rings. The van der Waals surface area contributed by atoms with E-state index in [4.69, 9.17) is 0 Å². The summed E-state index contributed by atoms with van der Waals surface area (Å²) in [5, 5.41) is 2.51. The van der Waals surface area contributed by atoms with Crippen molar-refractivity contribution in [3.63, 3.8) is 0 Å². The largest absolute Gasteiger partial charge is 0.443 e. The Bertz CT molecular complexity index is 388.